The second-order valence-corrected chi connectivity index (χ2v) is 6.19. The lowest BCUT2D eigenvalue weighted by atomic mass is 10.2. The molecule has 6 nitrogen and oxygen atoms in total. The first-order valence-corrected chi connectivity index (χ1v) is 8.25. The summed E-state index contributed by atoms with van der Waals surface area (Å²) in [7, 11) is 0. The zero-order valence-corrected chi connectivity index (χ0v) is 13.3. The smallest absolute Gasteiger partial charge is 0.269 e. The molecule has 1 N–H and O–H groups in total. The highest BCUT2D eigenvalue weighted by atomic mass is 32.1. The fourth-order valence-electron chi connectivity index (χ4n) is 2.61. The van der Waals surface area contributed by atoms with Gasteiger partial charge in [-0.25, -0.2) is 0 Å². The van der Waals surface area contributed by atoms with Crippen LogP contribution in [-0.4, -0.2) is 41.6 Å². The van der Waals surface area contributed by atoms with Crippen LogP contribution in [0.15, 0.2) is 34.4 Å². The van der Waals surface area contributed by atoms with Crippen molar-refractivity contribution in [1.29, 1.82) is 5.26 Å². The SMILES string of the molecule is N#Cc1ccc(-c2cccs2)n(CC(=O)N2CCNCC2)c1=O. The number of amides is 1. The molecule has 1 fully saturated rings. The van der Waals surface area contributed by atoms with Crippen molar-refractivity contribution >= 4 is 17.2 Å². The summed E-state index contributed by atoms with van der Waals surface area (Å²) in [6, 6.07) is 8.94. The summed E-state index contributed by atoms with van der Waals surface area (Å²) in [5.74, 6) is -0.0958. The molecular formula is C16H16N4O2S. The van der Waals surface area contributed by atoms with Gasteiger partial charge in [-0.15, -0.1) is 11.3 Å². The summed E-state index contributed by atoms with van der Waals surface area (Å²) in [4.78, 5) is 27.6. The number of thiophene rings is 1. The van der Waals surface area contributed by atoms with E-state index in [1.54, 1.807) is 11.0 Å². The van der Waals surface area contributed by atoms with Crippen molar-refractivity contribution in [1.82, 2.24) is 14.8 Å². The van der Waals surface area contributed by atoms with Crippen molar-refractivity contribution in [2.45, 2.75) is 6.54 Å². The molecular weight excluding hydrogens is 312 g/mol. The Balaban J connectivity index is 1.97. The van der Waals surface area contributed by atoms with Gasteiger partial charge in [0.15, 0.2) is 0 Å². The minimum atomic E-state index is -0.415. The topological polar surface area (TPSA) is 78.1 Å². The lowest BCUT2D eigenvalue weighted by Crippen LogP contribution is -2.48. The van der Waals surface area contributed by atoms with E-state index in [4.69, 9.17) is 5.26 Å². The maximum atomic E-state index is 12.5. The van der Waals surface area contributed by atoms with E-state index in [2.05, 4.69) is 5.32 Å². The maximum Gasteiger partial charge on any atom is 0.269 e. The Kier molecular flexibility index (Phi) is 4.55. The molecule has 1 saturated heterocycles. The van der Waals surface area contributed by atoms with E-state index in [-0.39, 0.29) is 18.0 Å². The average molecular weight is 328 g/mol. The van der Waals surface area contributed by atoms with Gasteiger partial charge in [-0.2, -0.15) is 5.26 Å². The molecule has 3 heterocycles. The molecule has 0 saturated carbocycles. The first-order valence-electron chi connectivity index (χ1n) is 7.37. The molecule has 0 unspecified atom stereocenters. The molecule has 0 radical (unpaired) electrons. The largest absolute Gasteiger partial charge is 0.339 e. The standard InChI is InChI=1S/C16H16N4O2S/c17-10-12-3-4-13(14-2-1-9-23-14)20(16(12)22)11-15(21)19-7-5-18-6-8-19/h1-4,9,18H,5-8,11H2. The third-order valence-corrected chi connectivity index (χ3v) is 4.72. The van der Waals surface area contributed by atoms with E-state index in [0.717, 1.165) is 18.0 Å². The monoisotopic (exact) mass is 328 g/mol. The Hall–Kier alpha value is -2.43. The number of nitrogens with zero attached hydrogens (tertiary/aromatic N) is 3. The molecule has 0 atom stereocenters. The van der Waals surface area contributed by atoms with Crippen molar-refractivity contribution in [2.75, 3.05) is 26.2 Å². The van der Waals surface area contributed by atoms with E-state index < -0.39 is 5.56 Å². The van der Waals surface area contributed by atoms with Gasteiger partial charge in [0.2, 0.25) is 5.91 Å². The third-order valence-electron chi connectivity index (χ3n) is 3.83. The van der Waals surface area contributed by atoms with Crippen LogP contribution >= 0.6 is 11.3 Å². The Morgan fingerprint density at radius 1 is 1.30 bits per heavy atom. The van der Waals surface area contributed by atoms with Crippen LogP contribution in [0.2, 0.25) is 0 Å². The quantitative estimate of drug-likeness (QED) is 0.907. The number of hydrogen-bond donors (Lipinski definition) is 1. The van der Waals surface area contributed by atoms with E-state index >= 15 is 0 Å². The normalized spacial score (nSPS) is 14.5. The summed E-state index contributed by atoms with van der Waals surface area (Å²) in [6.45, 7) is 2.76. The Bertz CT molecular complexity index is 798. The van der Waals surface area contributed by atoms with Crippen LogP contribution in [0.1, 0.15) is 5.56 Å². The van der Waals surface area contributed by atoms with Gasteiger partial charge in [0.1, 0.15) is 18.2 Å². The summed E-state index contributed by atoms with van der Waals surface area (Å²) < 4.78 is 1.41. The molecule has 2 aromatic heterocycles. The second kappa shape index (κ2) is 6.77. The molecule has 118 valence electrons. The number of carbonyl (C=O) groups is 1. The van der Waals surface area contributed by atoms with Crippen LogP contribution in [0.3, 0.4) is 0 Å². The van der Waals surface area contributed by atoms with Crippen LogP contribution in [0.25, 0.3) is 10.6 Å². The van der Waals surface area contributed by atoms with Gasteiger partial charge in [0.25, 0.3) is 5.56 Å². The highest BCUT2D eigenvalue weighted by Gasteiger charge is 2.19. The highest BCUT2D eigenvalue weighted by Crippen LogP contribution is 2.23. The molecule has 0 aliphatic carbocycles. The van der Waals surface area contributed by atoms with Gasteiger partial charge < -0.3 is 10.2 Å². The molecule has 1 amide bonds. The van der Waals surface area contributed by atoms with Gasteiger partial charge in [0, 0.05) is 26.2 Å². The van der Waals surface area contributed by atoms with Gasteiger partial charge in [-0.1, -0.05) is 6.07 Å². The molecule has 23 heavy (non-hydrogen) atoms. The molecule has 1 aliphatic heterocycles. The summed E-state index contributed by atoms with van der Waals surface area (Å²) >= 11 is 1.50. The first kappa shape index (κ1) is 15.5. The lowest BCUT2D eigenvalue weighted by molar-refractivity contribution is -0.132. The predicted molar refractivity (Wildman–Crippen MR) is 88.2 cm³/mol. The van der Waals surface area contributed by atoms with E-state index in [0.29, 0.717) is 18.8 Å². The number of nitriles is 1. The molecule has 1 aliphatic rings. The zero-order valence-electron chi connectivity index (χ0n) is 12.5. The summed E-state index contributed by atoms with van der Waals surface area (Å²) in [5.41, 5.74) is 0.313. The number of carbonyl (C=O) groups excluding carboxylic acids is 1. The number of hydrogen-bond acceptors (Lipinski definition) is 5. The fourth-order valence-corrected chi connectivity index (χ4v) is 3.37. The van der Waals surface area contributed by atoms with Crippen LogP contribution in [-0.2, 0) is 11.3 Å². The lowest BCUT2D eigenvalue weighted by Gasteiger charge is -2.28. The zero-order chi connectivity index (χ0) is 16.2. The summed E-state index contributed by atoms with van der Waals surface area (Å²) in [5, 5.41) is 14.2. The Morgan fingerprint density at radius 2 is 2.09 bits per heavy atom. The molecule has 0 aromatic carbocycles. The molecule has 7 heteroatoms. The maximum absolute atomic E-state index is 12.5. The average Bonchev–Trinajstić information content (AvgIpc) is 3.11. The van der Waals surface area contributed by atoms with Crippen LogP contribution in [0.5, 0.6) is 0 Å². The van der Waals surface area contributed by atoms with Crippen LogP contribution in [0, 0.1) is 11.3 Å². The van der Waals surface area contributed by atoms with Crippen molar-refractivity contribution in [3.8, 4) is 16.6 Å². The number of pyridine rings is 1. The molecule has 0 bridgehead atoms. The number of rotatable bonds is 3. The molecule has 3 rings (SSSR count). The third kappa shape index (κ3) is 3.18. The Morgan fingerprint density at radius 3 is 2.74 bits per heavy atom. The van der Waals surface area contributed by atoms with Gasteiger partial charge in [0.05, 0.1) is 10.6 Å². The molecule has 2 aromatic rings. The highest BCUT2D eigenvalue weighted by molar-refractivity contribution is 7.13. The molecule has 0 spiro atoms. The number of piperazine rings is 1. The second-order valence-electron chi connectivity index (χ2n) is 5.24. The first-order chi connectivity index (χ1) is 11.2. The van der Waals surface area contributed by atoms with Crippen LogP contribution < -0.4 is 10.9 Å². The predicted octanol–water partition coefficient (Wildman–Crippen LogP) is 0.880. The number of nitrogens with one attached hydrogen (secondary N) is 1. The van der Waals surface area contributed by atoms with E-state index in [1.165, 1.54) is 22.0 Å². The van der Waals surface area contributed by atoms with Gasteiger partial charge in [-0.05, 0) is 23.6 Å². The van der Waals surface area contributed by atoms with Crippen molar-refractivity contribution < 1.29 is 4.79 Å². The van der Waals surface area contributed by atoms with Gasteiger partial charge in [-0.3, -0.25) is 14.2 Å². The Labute approximate surface area is 137 Å². The fraction of sp³-hybridized carbons (Fsp3) is 0.312. The van der Waals surface area contributed by atoms with Crippen LogP contribution in [0.4, 0.5) is 0 Å². The van der Waals surface area contributed by atoms with Gasteiger partial charge >= 0.3 is 0 Å². The summed E-state index contributed by atoms with van der Waals surface area (Å²) in [6.07, 6.45) is 0. The minimum Gasteiger partial charge on any atom is -0.339 e. The minimum absolute atomic E-state index is 0.0401. The number of aromatic nitrogens is 1. The van der Waals surface area contributed by atoms with Crippen molar-refractivity contribution in [3.63, 3.8) is 0 Å². The van der Waals surface area contributed by atoms with E-state index in [1.807, 2.05) is 23.6 Å². The van der Waals surface area contributed by atoms with E-state index in [9.17, 15) is 9.59 Å². The van der Waals surface area contributed by atoms with Crippen molar-refractivity contribution in [3.05, 3.63) is 45.6 Å². The van der Waals surface area contributed by atoms with Crippen molar-refractivity contribution in [2.24, 2.45) is 0 Å².